The number of nitrogens with zero attached hydrogens (tertiary/aromatic N) is 3. The summed E-state index contributed by atoms with van der Waals surface area (Å²) in [4.78, 5) is 13.8. The Morgan fingerprint density at radius 2 is 2.43 bits per heavy atom. The van der Waals surface area contributed by atoms with E-state index in [-0.39, 0.29) is 12.0 Å². The number of hydrogen-bond acceptors (Lipinski definition) is 9. The van der Waals surface area contributed by atoms with Gasteiger partial charge in [-0.05, 0) is 0 Å². The van der Waals surface area contributed by atoms with Gasteiger partial charge in [0.05, 0.1) is 10.7 Å². The van der Waals surface area contributed by atoms with Gasteiger partial charge in [0.15, 0.2) is 17.6 Å². The zero-order chi connectivity index (χ0) is 15.7. The van der Waals surface area contributed by atoms with E-state index < -0.39 is 4.92 Å². The van der Waals surface area contributed by atoms with E-state index in [0.29, 0.717) is 29.7 Å². The Hall–Kier alpha value is -2.50. The molecule has 0 unspecified atom stereocenters. The van der Waals surface area contributed by atoms with Crippen molar-refractivity contribution in [1.29, 1.82) is 5.41 Å². The third kappa shape index (κ3) is 7.00. The van der Waals surface area contributed by atoms with Crippen molar-refractivity contribution < 1.29 is 9.45 Å². The molecule has 0 fully saturated rings. The fourth-order valence-electron chi connectivity index (χ4n) is 1.20. The molecule has 12 heteroatoms. The van der Waals surface area contributed by atoms with Crippen LogP contribution in [0.5, 0.6) is 0 Å². The molecule has 0 bridgehead atoms. The van der Waals surface area contributed by atoms with E-state index in [9.17, 15) is 10.1 Å². The molecule has 0 saturated carbocycles. The van der Waals surface area contributed by atoms with Crippen molar-refractivity contribution in [3.05, 3.63) is 28.0 Å². The van der Waals surface area contributed by atoms with Gasteiger partial charge in [-0.3, -0.25) is 20.8 Å². The van der Waals surface area contributed by atoms with Crippen molar-refractivity contribution in [2.24, 2.45) is 5.73 Å². The lowest BCUT2D eigenvalue weighted by Crippen LogP contribution is -2.26. The van der Waals surface area contributed by atoms with Crippen molar-refractivity contribution >= 4 is 23.7 Å². The van der Waals surface area contributed by atoms with Gasteiger partial charge < -0.3 is 20.9 Å². The van der Waals surface area contributed by atoms with Gasteiger partial charge in [0, 0.05) is 19.3 Å². The fourth-order valence-corrected chi connectivity index (χ4v) is 1.89. The molecule has 0 spiro atoms. The standard InChI is InChI=1S/C9H16N8O3S/c1-12-6(4-17(18)19)13-2-3-21-5-7-14-9(20-16-7)15-8(10)11/h4,12-13H,2-3,5H2,1H3,(H4,10,11,14,15,16). The van der Waals surface area contributed by atoms with Gasteiger partial charge in [-0.15, -0.1) is 0 Å². The second-order valence-corrected chi connectivity index (χ2v) is 4.72. The second kappa shape index (κ2) is 8.63. The van der Waals surface area contributed by atoms with Crippen molar-refractivity contribution in [2.45, 2.75) is 5.75 Å². The fraction of sp³-hybridized carbons (Fsp3) is 0.444. The molecule has 21 heavy (non-hydrogen) atoms. The van der Waals surface area contributed by atoms with E-state index in [4.69, 9.17) is 15.7 Å². The first-order chi connectivity index (χ1) is 10.0. The van der Waals surface area contributed by atoms with Gasteiger partial charge in [0.25, 0.3) is 6.20 Å². The monoisotopic (exact) mass is 316 g/mol. The van der Waals surface area contributed by atoms with Gasteiger partial charge in [0.2, 0.25) is 0 Å². The van der Waals surface area contributed by atoms with Crippen LogP contribution in [0.15, 0.2) is 16.5 Å². The lowest BCUT2D eigenvalue weighted by atomic mass is 10.6. The number of aromatic nitrogens is 2. The Morgan fingerprint density at radius 1 is 1.67 bits per heavy atom. The number of nitrogens with two attached hydrogens (primary N) is 1. The van der Waals surface area contributed by atoms with Gasteiger partial charge in [-0.1, -0.05) is 5.16 Å². The first-order valence-electron chi connectivity index (χ1n) is 5.79. The van der Waals surface area contributed by atoms with Crippen LogP contribution in [-0.4, -0.2) is 40.4 Å². The normalized spacial score (nSPS) is 11.0. The van der Waals surface area contributed by atoms with Crippen molar-refractivity contribution in [3.8, 4) is 0 Å². The average Bonchev–Trinajstić information content (AvgIpc) is 2.83. The molecule has 0 aliphatic carbocycles. The van der Waals surface area contributed by atoms with Crippen LogP contribution in [0, 0.1) is 15.5 Å². The topological polar surface area (TPSA) is 168 Å². The molecule has 1 heterocycles. The maximum Gasteiger partial charge on any atom is 0.328 e. The molecule has 1 aromatic rings. The largest absolute Gasteiger partial charge is 0.370 e. The molecular formula is C9H16N8O3S. The zero-order valence-corrected chi connectivity index (χ0v) is 12.1. The van der Waals surface area contributed by atoms with Crippen LogP contribution < -0.4 is 21.7 Å². The lowest BCUT2D eigenvalue weighted by molar-refractivity contribution is -0.404. The summed E-state index contributed by atoms with van der Waals surface area (Å²) in [5, 5.41) is 29.0. The van der Waals surface area contributed by atoms with Gasteiger partial charge in [0.1, 0.15) is 0 Å². The number of nitrogens with one attached hydrogen (secondary N) is 4. The van der Waals surface area contributed by atoms with Crippen LogP contribution in [0.2, 0.25) is 0 Å². The maximum atomic E-state index is 10.3. The SMILES string of the molecule is CNC(=C[N+](=O)[O-])NCCSCc1noc(NC(=N)N)n1. The van der Waals surface area contributed by atoms with E-state index >= 15 is 0 Å². The average molecular weight is 316 g/mol. The number of nitro groups is 1. The van der Waals surface area contributed by atoms with Gasteiger partial charge >= 0.3 is 6.01 Å². The van der Waals surface area contributed by atoms with E-state index in [1.54, 1.807) is 7.05 Å². The van der Waals surface area contributed by atoms with Gasteiger partial charge in [-0.25, -0.2) is 0 Å². The third-order valence-corrected chi connectivity index (χ3v) is 2.96. The predicted octanol–water partition coefficient (Wildman–Crippen LogP) is -0.507. The minimum absolute atomic E-state index is 0.0719. The highest BCUT2D eigenvalue weighted by Crippen LogP contribution is 2.10. The Bertz CT molecular complexity index is 517. The lowest BCUT2D eigenvalue weighted by Gasteiger charge is -2.06. The molecule has 0 aliphatic rings. The van der Waals surface area contributed by atoms with E-state index in [1.807, 2.05) is 0 Å². The highest BCUT2D eigenvalue weighted by molar-refractivity contribution is 7.98. The van der Waals surface area contributed by atoms with E-state index in [2.05, 4.69) is 26.1 Å². The van der Waals surface area contributed by atoms with Crippen LogP contribution in [0.25, 0.3) is 0 Å². The smallest absolute Gasteiger partial charge is 0.328 e. The van der Waals surface area contributed by atoms with Crippen LogP contribution >= 0.6 is 11.8 Å². The molecular weight excluding hydrogens is 300 g/mol. The molecule has 0 amide bonds. The molecule has 0 aromatic carbocycles. The van der Waals surface area contributed by atoms with Crippen molar-refractivity contribution in [1.82, 2.24) is 20.8 Å². The Balaban J connectivity index is 2.23. The summed E-state index contributed by atoms with van der Waals surface area (Å²) < 4.78 is 4.82. The summed E-state index contributed by atoms with van der Waals surface area (Å²) in [6.45, 7) is 0.543. The Kier molecular flexibility index (Phi) is 6.80. The summed E-state index contributed by atoms with van der Waals surface area (Å²) in [6, 6.07) is 0.0719. The molecule has 116 valence electrons. The first kappa shape index (κ1) is 16.6. The zero-order valence-electron chi connectivity index (χ0n) is 11.3. The van der Waals surface area contributed by atoms with Crippen molar-refractivity contribution in [3.63, 3.8) is 0 Å². The molecule has 0 aliphatic heterocycles. The molecule has 0 saturated heterocycles. The third-order valence-electron chi connectivity index (χ3n) is 2.01. The Morgan fingerprint density at radius 3 is 3.05 bits per heavy atom. The van der Waals surface area contributed by atoms with Gasteiger partial charge in [-0.2, -0.15) is 16.7 Å². The molecule has 1 aromatic heterocycles. The van der Waals surface area contributed by atoms with Crippen LogP contribution in [-0.2, 0) is 5.75 Å². The van der Waals surface area contributed by atoms with Crippen LogP contribution in [0.4, 0.5) is 6.01 Å². The molecule has 0 radical (unpaired) electrons. The summed E-state index contributed by atoms with van der Waals surface area (Å²) >= 11 is 1.52. The quantitative estimate of drug-likeness (QED) is 0.131. The number of guanidine groups is 1. The van der Waals surface area contributed by atoms with Crippen LogP contribution in [0.3, 0.4) is 0 Å². The summed E-state index contributed by atoms with van der Waals surface area (Å²) in [5.41, 5.74) is 5.12. The molecule has 1 rings (SSSR count). The summed E-state index contributed by atoms with van der Waals surface area (Å²) in [6.07, 6.45) is 0.865. The molecule has 6 N–H and O–H groups in total. The number of anilines is 1. The first-order valence-corrected chi connectivity index (χ1v) is 6.95. The highest BCUT2D eigenvalue weighted by Gasteiger charge is 2.06. The number of hydrogen-bond donors (Lipinski definition) is 5. The van der Waals surface area contributed by atoms with E-state index in [1.165, 1.54) is 11.8 Å². The number of thioether (sulfide) groups is 1. The number of rotatable bonds is 9. The minimum atomic E-state index is -0.533. The Labute approximate surface area is 124 Å². The highest BCUT2D eigenvalue weighted by atomic mass is 32.2. The van der Waals surface area contributed by atoms with E-state index in [0.717, 1.165) is 6.20 Å². The predicted molar refractivity (Wildman–Crippen MR) is 78.1 cm³/mol. The van der Waals surface area contributed by atoms with Crippen molar-refractivity contribution in [2.75, 3.05) is 24.7 Å². The second-order valence-electron chi connectivity index (χ2n) is 3.61. The molecule has 0 atom stereocenters. The van der Waals surface area contributed by atoms with Crippen LogP contribution in [0.1, 0.15) is 5.82 Å². The minimum Gasteiger partial charge on any atom is -0.370 e. The molecule has 11 nitrogen and oxygen atoms in total. The summed E-state index contributed by atoms with van der Waals surface area (Å²) in [5.74, 6) is 1.74. The maximum absolute atomic E-state index is 10.3. The summed E-state index contributed by atoms with van der Waals surface area (Å²) in [7, 11) is 1.60.